The molecule has 3 aliphatic carbocycles. The molecule has 1 aromatic rings. The molecule has 3 aliphatic rings. The van der Waals surface area contributed by atoms with E-state index in [0.717, 1.165) is 5.56 Å². The molecule has 0 amide bonds. The highest BCUT2D eigenvalue weighted by atomic mass is 16.6. The molecule has 0 spiro atoms. The Balaban J connectivity index is 1.74. The summed E-state index contributed by atoms with van der Waals surface area (Å²) in [6.07, 6.45) is -4.62. The fourth-order valence-electron chi connectivity index (χ4n) is 7.69. The molecule has 8 atom stereocenters. The van der Waals surface area contributed by atoms with Crippen molar-refractivity contribution < 1.29 is 39.2 Å². The summed E-state index contributed by atoms with van der Waals surface area (Å²) in [6, 6.07) is 9.41. The number of aliphatic hydroxyl groups is 3. The van der Waals surface area contributed by atoms with Crippen molar-refractivity contribution in [2.75, 3.05) is 14.1 Å². The zero-order valence-electron chi connectivity index (χ0n) is 25.7. The van der Waals surface area contributed by atoms with E-state index >= 15 is 0 Å². The molecule has 42 heavy (non-hydrogen) atoms. The highest BCUT2D eigenvalue weighted by Crippen LogP contribution is 2.60. The molecule has 4 rings (SSSR count). The fraction of sp³-hybridized carbons (Fsp3) is 0.606. The fourth-order valence-corrected chi connectivity index (χ4v) is 7.69. The van der Waals surface area contributed by atoms with Crippen LogP contribution in [0.5, 0.6) is 0 Å². The van der Waals surface area contributed by atoms with Gasteiger partial charge in [-0.05, 0) is 56.1 Å². The lowest BCUT2D eigenvalue weighted by atomic mass is 9.48. The van der Waals surface area contributed by atoms with E-state index in [1.54, 1.807) is 27.7 Å². The molecule has 0 heterocycles. The monoisotopic (exact) mass is 583 g/mol. The van der Waals surface area contributed by atoms with Gasteiger partial charge in [-0.15, -0.1) is 0 Å². The van der Waals surface area contributed by atoms with Gasteiger partial charge in [-0.1, -0.05) is 57.7 Å². The van der Waals surface area contributed by atoms with Crippen LogP contribution < -0.4 is 0 Å². The topological polar surface area (TPSA) is 134 Å². The minimum atomic E-state index is -1.93. The molecule has 0 unspecified atom stereocenters. The largest absolute Gasteiger partial charge is 0.459 e. The van der Waals surface area contributed by atoms with Crippen molar-refractivity contribution in [3.63, 3.8) is 0 Å². The van der Waals surface area contributed by atoms with Crippen LogP contribution in [-0.2, 0) is 23.9 Å². The average molecular weight is 584 g/mol. The molecule has 0 saturated heterocycles. The Morgan fingerprint density at radius 2 is 1.74 bits per heavy atom. The van der Waals surface area contributed by atoms with E-state index in [4.69, 9.17) is 9.47 Å². The van der Waals surface area contributed by atoms with Crippen LogP contribution in [-0.4, -0.2) is 82.1 Å². The predicted octanol–water partition coefficient (Wildman–Crippen LogP) is 3.28. The van der Waals surface area contributed by atoms with E-state index < -0.39 is 64.5 Å². The quantitative estimate of drug-likeness (QED) is 0.341. The number of aliphatic hydroxyl groups excluding tert-OH is 2. The van der Waals surface area contributed by atoms with Gasteiger partial charge in [0.25, 0.3) is 0 Å². The molecular weight excluding hydrogens is 538 g/mol. The molecule has 230 valence electrons. The highest BCUT2D eigenvalue weighted by Gasteiger charge is 2.67. The van der Waals surface area contributed by atoms with Crippen LogP contribution in [0.15, 0.2) is 53.6 Å². The van der Waals surface area contributed by atoms with Gasteiger partial charge >= 0.3 is 11.9 Å². The van der Waals surface area contributed by atoms with Crippen molar-refractivity contribution in [1.82, 2.24) is 4.90 Å². The first-order valence-electron chi connectivity index (χ1n) is 14.6. The van der Waals surface area contributed by atoms with Gasteiger partial charge in [0.1, 0.15) is 23.9 Å². The molecule has 9 heteroatoms. The van der Waals surface area contributed by atoms with E-state index in [2.05, 4.69) is 6.58 Å². The first-order valence-corrected chi connectivity index (χ1v) is 14.6. The van der Waals surface area contributed by atoms with Crippen LogP contribution >= 0.6 is 0 Å². The van der Waals surface area contributed by atoms with Crippen LogP contribution in [0.1, 0.15) is 71.9 Å². The Morgan fingerprint density at radius 1 is 1.12 bits per heavy atom. The van der Waals surface area contributed by atoms with Crippen molar-refractivity contribution in [1.29, 1.82) is 0 Å². The third-order valence-corrected chi connectivity index (χ3v) is 10.3. The third kappa shape index (κ3) is 5.14. The lowest BCUT2D eigenvalue weighted by Crippen LogP contribution is -2.70. The van der Waals surface area contributed by atoms with E-state index in [1.807, 2.05) is 49.3 Å². The SMILES string of the molecule is C=C1[C@@H](OC(=O)C[C@@H](c2ccccc2)N(C)C)CC[C@@]2(C)[C@@H](O)[C@H](O)C3=C(C)C(=O)C[C@@](O)([C@@H](OC(C)=O)[C@H]12)C3(C)C. The lowest BCUT2D eigenvalue weighted by Gasteiger charge is -2.61. The maximum Gasteiger partial charge on any atom is 0.308 e. The lowest BCUT2D eigenvalue weighted by molar-refractivity contribution is -0.228. The number of allylic oxidation sites excluding steroid dienone is 1. The number of carbonyl (C=O) groups is 3. The third-order valence-electron chi connectivity index (χ3n) is 10.3. The minimum absolute atomic E-state index is 0.0797. The summed E-state index contributed by atoms with van der Waals surface area (Å²) in [5.41, 5.74) is -2.47. The number of ether oxygens (including phenoxy) is 2. The summed E-state index contributed by atoms with van der Waals surface area (Å²) in [5.74, 6) is -2.46. The second-order valence-corrected chi connectivity index (χ2v) is 13.3. The van der Waals surface area contributed by atoms with Crippen molar-refractivity contribution in [3.8, 4) is 0 Å². The van der Waals surface area contributed by atoms with Gasteiger partial charge in [-0.25, -0.2) is 0 Å². The second kappa shape index (κ2) is 11.3. The van der Waals surface area contributed by atoms with Gasteiger partial charge in [0.05, 0.1) is 12.5 Å². The van der Waals surface area contributed by atoms with E-state index in [-0.39, 0.29) is 36.5 Å². The van der Waals surface area contributed by atoms with Crippen LogP contribution in [0.25, 0.3) is 0 Å². The van der Waals surface area contributed by atoms with Gasteiger partial charge in [0.15, 0.2) is 5.78 Å². The zero-order valence-corrected chi connectivity index (χ0v) is 25.7. The summed E-state index contributed by atoms with van der Waals surface area (Å²) >= 11 is 0. The molecule has 2 fully saturated rings. The van der Waals surface area contributed by atoms with Gasteiger partial charge < -0.3 is 29.7 Å². The highest BCUT2D eigenvalue weighted by molar-refractivity contribution is 5.98. The summed E-state index contributed by atoms with van der Waals surface area (Å²) < 4.78 is 11.9. The summed E-state index contributed by atoms with van der Waals surface area (Å²) in [5, 5.41) is 35.7. The maximum atomic E-state index is 13.3. The summed E-state index contributed by atoms with van der Waals surface area (Å²) in [4.78, 5) is 41.0. The van der Waals surface area contributed by atoms with E-state index in [1.165, 1.54) is 6.92 Å². The van der Waals surface area contributed by atoms with Crippen molar-refractivity contribution >= 4 is 17.7 Å². The zero-order chi connectivity index (χ0) is 31.4. The molecule has 0 aliphatic heterocycles. The number of esters is 2. The Labute approximate surface area is 248 Å². The minimum Gasteiger partial charge on any atom is -0.459 e. The van der Waals surface area contributed by atoms with Gasteiger partial charge in [0.2, 0.25) is 0 Å². The van der Waals surface area contributed by atoms with Crippen LogP contribution in [0.2, 0.25) is 0 Å². The smallest absolute Gasteiger partial charge is 0.308 e. The molecule has 9 nitrogen and oxygen atoms in total. The Hall–Kier alpha value is -2.85. The number of nitrogens with zero attached hydrogens (tertiary/aromatic N) is 1. The standard InChI is InChI=1S/C33H45NO8/c1-18-23(36)17-33(40)30(41-20(3)35)27-19(2)24(14-15-32(27,6)29(39)28(38)26(18)31(33,4)5)42-25(37)16-22(34(7)8)21-12-10-9-11-13-21/h9-13,22,24,27-30,38-40H,2,14-17H2,1,3-8H3/t22-,24-,27-,28+,29-,30-,32+,33+/m0/s1. The molecule has 2 bridgehead atoms. The van der Waals surface area contributed by atoms with Gasteiger partial charge in [0, 0.05) is 36.1 Å². The van der Waals surface area contributed by atoms with E-state index in [9.17, 15) is 29.7 Å². The molecule has 0 radical (unpaired) electrons. The second-order valence-electron chi connectivity index (χ2n) is 13.3. The molecule has 2 saturated carbocycles. The number of hydrogen-bond acceptors (Lipinski definition) is 9. The molecular formula is C33H45NO8. The number of ketones is 1. The first-order chi connectivity index (χ1) is 19.5. The van der Waals surface area contributed by atoms with Gasteiger partial charge in [-0.3, -0.25) is 14.4 Å². The number of rotatable bonds is 6. The van der Waals surface area contributed by atoms with Gasteiger partial charge in [-0.2, -0.15) is 0 Å². The number of hydrogen-bond donors (Lipinski definition) is 3. The van der Waals surface area contributed by atoms with Crippen molar-refractivity contribution in [2.24, 2.45) is 16.7 Å². The number of Topliss-reactive ketones (excluding diaryl/α,β-unsaturated/α-hetero) is 1. The van der Waals surface area contributed by atoms with Crippen LogP contribution in [0, 0.1) is 16.7 Å². The number of carbonyl (C=O) groups excluding carboxylic acids is 3. The molecule has 1 aromatic carbocycles. The first kappa shape index (κ1) is 32.1. The summed E-state index contributed by atoms with van der Waals surface area (Å²) in [6.45, 7) is 12.2. The Bertz CT molecular complexity index is 1290. The van der Waals surface area contributed by atoms with Crippen LogP contribution in [0.4, 0.5) is 0 Å². The molecule has 0 aromatic heterocycles. The predicted molar refractivity (Wildman–Crippen MR) is 156 cm³/mol. The Morgan fingerprint density at radius 3 is 2.31 bits per heavy atom. The summed E-state index contributed by atoms with van der Waals surface area (Å²) in [7, 11) is 3.78. The van der Waals surface area contributed by atoms with Crippen molar-refractivity contribution in [3.05, 3.63) is 59.2 Å². The van der Waals surface area contributed by atoms with Crippen molar-refractivity contribution in [2.45, 2.75) is 96.4 Å². The number of benzene rings is 1. The van der Waals surface area contributed by atoms with Crippen LogP contribution in [0.3, 0.4) is 0 Å². The normalized spacial score (nSPS) is 35.2. The molecule has 3 N–H and O–H groups in total. The van der Waals surface area contributed by atoms with E-state index in [0.29, 0.717) is 12.0 Å². The maximum absolute atomic E-state index is 13.3. The average Bonchev–Trinajstić information content (AvgIpc) is 2.91. The number of fused-ring (bicyclic) bond motifs is 3. The Kier molecular flexibility index (Phi) is 8.66.